The lowest BCUT2D eigenvalue weighted by molar-refractivity contribution is -0.132. The summed E-state index contributed by atoms with van der Waals surface area (Å²) in [5, 5.41) is 2.98. The minimum absolute atomic E-state index is 0.0553. The summed E-state index contributed by atoms with van der Waals surface area (Å²) in [4.78, 5) is 28.7. The summed E-state index contributed by atoms with van der Waals surface area (Å²) >= 11 is 0. The number of hydrogen-bond donors (Lipinski definition) is 1. The topological polar surface area (TPSA) is 77.1 Å². The van der Waals surface area contributed by atoms with Crippen molar-refractivity contribution in [2.24, 2.45) is 11.8 Å². The van der Waals surface area contributed by atoms with Crippen LogP contribution in [0.3, 0.4) is 0 Å². The monoisotopic (exact) mass is 438 g/mol. The molecular weight excluding hydrogens is 408 g/mol. The molecule has 1 N–H and O–H groups in total. The summed E-state index contributed by atoms with van der Waals surface area (Å²) in [6.45, 7) is 0.676. The zero-order valence-electron chi connectivity index (χ0n) is 18.8. The van der Waals surface area contributed by atoms with Gasteiger partial charge in [0, 0.05) is 36.0 Å². The Kier molecular flexibility index (Phi) is 6.53. The molecule has 1 saturated carbocycles. The number of anilines is 2. The minimum Gasteiger partial charge on any atom is -0.493 e. The van der Waals surface area contributed by atoms with E-state index in [1.54, 1.807) is 12.1 Å². The Morgan fingerprint density at radius 2 is 1.59 bits per heavy atom. The molecule has 1 heterocycles. The lowest BCUT2D eigenvalue weighted by Crippen LogP contribution is -2.43. The Labute approximate surface area is 188 Å². The fourth-order valence-corrected chi connectivity index (χ4v) is 4.90. The van der Waals surface area contributed by atoms with Gasteiger partial charge < -0.3 is 24.4 Å². The van der Waals surface area contributed by atoms with E-state index in [2.05, 4.69) is 11.4 Å². The fraction of sp³-hybridized carbons (Fsp3) is 0.440. The van der Waals surface area contributed by atoms with Crippen molar-refractivity contribution < 1.29 is 23.8 Å². The third-order valence-electron chi connectivity index (χ3n) is 6.51. The number of carbonyl (C=O) groups is 2. The number of carbonyl (C=O) groups excluding carboxylic acids is 2. The van der Waals surface area contributed by atoms with Crippen LogP contribution in [-0.2, 0) is 16.0 Å². The first-order valence-corrected chi connectivity index (χ1v) is 11.1. The molecule has 1 aliphatic heterocycles. The Morgan fingerprint density at radius 3 is 2.25 bits per heavy atom. The van der Waals surface area contributed by atoms with Gasteiger partial charge in [0.2, 0.25) is 17.6 Å². The molecular formula is C25H30N2O5. The van der Waals surface area contributed by atoms with Gasteiger partial charge in [0.15, 0.2) is 11.5 Å². The summed E-state index contributed by atoms with van der Waals surface area (Å²) in [6.07, 6.45) is 4.18. The molecule has 0 unspecified atom stereocenters. The molecule has 0 saturated heterocycles. The molecule has 2 aromatic carbocycles. The number of benzene rings is 2. The standard InChI is InChI=1S/C25H30N2O5/c1-30-21-14-17(15-22(31-2)23(21)32-3)26-24(28)18-9-5-6-10-19(18)25(29)27-13-12-16-8-4-7-11-20(16)27/h4,7-8,11,14-15,18-19H,5-6,9-10,12-13H2,1-3H3,(H,26,28)/t18-,19+/m0/s1. The quantitative estimate of drug-likeness (QED) is 0.736. The average Bonchev–Trinajstić information content (AvgIpc) is 3.27. The van der Waals surface area contributed by atoms with Gasteiger partial charge in [0.05, 0.1) is 27.2 Å². The molecule has 7 nitrogen and oxygen atoms in total. The van der Waals surface area contributed by atoms with E-state index in [0.717, 1.165) is 31.4 Å². The van der Waals surface area contributed by atoms with Crippen LogP contribution in [0.1, 0.15) is 31.2 Å². The van der Waals surface area contributed by atoms with Crippen molar-refractivity contribution in [3.8, 4) is 17.2 Å². The minimum atomic E-state index is -0.372. The summed E-state index contributed by atoms with van der Waals surface area (Å²) in [5.74, 6) is 0.607. The number of ether oxygens (including phenoxy) is 3. The van der Waals surface area contributed by atoms with E-state index in [9.17, 15) is 9.59 Å². The Morgan fingerprint density at radius 1 is 0.938 bits per heavy atom. The highest BCUT2D eigenvalue weighted by Gasteiger charge is 2.39. The maximum atomic E-state index is 13.5. The number of methoxy groups -OCH3 is 3. The molecule has 170 valence electrons. The second kappa shape index (κ2) is 9.51. The molecule has 0 bridgehead atoms. The summed E-state index contributed by atoms with van der Waals surface area (Å²) < 4.78 is 16.1. The zero-order chi connectivity index (χ0) is 22.7. The number of nitrogens with one attached hydrogen (secondary N) is 1. The van der Waals surface area contributed by atoms with Crippen molar-refractivity contribution in [2.45, 2.75) is 32.1 Å². The predicted molar refractivity (Wildman–Crippen MR) is 123 cm³/mol. The number of fused-ring (bicyclic) bond motifs is 1. The maximum absolute atomic E-state index is 13.5. The molecule has 2 atom stereocenters. The Balaban J connectivity index is 1.54. The van der Waals surface area contributed by atoms with E-state index >= 15 is 0 Å². The van der Waals surface area contributed by atoms with E-state index in [-0.39, 0.29) is 23.7 Å². The van der Waals surface area contributed by atoms with Crippen LogP contribution in [0, 0.1) is 11.8 Å². The van der Waals surface area contributed by atoms with Crippen LogP contribution >= 0.6 is 0 Å². The number of para-hydroxylation sites is 1. The van der Waals surface area contributed by atoms with Gasteiger partial charge in [-0.2, -0.15) is 0 Å². The molecule has 32 heavy (non-hydrogen) atoms. The lowest BCUT2D eigenvalue weighted by Gasteiger charge is -2.32. The third-order valence-corrected chi connectivity index (χ3v) is 6.51. The van der Waals surface area contributed by atoms with Crippen LogP contribution in [0.25, 0.3) is 0 Å². The zero-order valence-corrected chi connectivity index (χ0v) is 18.8. The van der Waals surface area contributed by atoms with E-state index in [1.807, 2.05) is 23.1 Å². The van der Waals surface area contributed by atoms with E-state index in [1.165, 1.54) is 26.9 Å². The molecule has 2 aliphatic rings. The molecule has 7 heteroatoms. The van der Waals surface area contributed by atoms with Crippen LogP contribution in [-0.4, -0.2) is 39.7 Å². The fourth-order valence-electron chi connectivity index (χ4n) is 4.90. The van der Waals surface area contributed by atoms with Crippen molar-refractivity contribution >= 4 is 23.2 Å². The summed E-state index contributed by atoms with van der Waals surface area (Å²) in [7, 11) is 4.60. The van der Waals surface area contributed by atoms with E-state index in [4.69, 9.17) is 14.2 Å². The molecule has 1 fully saturated rings. The van der Waals surface area contributed by atoms with Crippen molar-refractivity contribution in [3.05, 3.63) is 42.0 Å². The van der Waals surface area contributed by atoms with Gasteiger partial charge in [0.25, 0.3) is 0 Å². The first kappa shape index (κ1) is 22.0. The molecule has 1 aliphatic carbocycles. The molecule has 0 aromatic heterocycles. The van der Waals surface area contributed by atoms with Gasteiger partial charge >= 0.3 is 0 Å². The highest BCUT2D eigenvalue weighted by Crippen LogP contribution is 2.41. The molecule has 0 spiro atoms. The van der Waals surface area contributed by atoms with Crippen LogP contribution in [0.4, 0.5) is 11.4 Å². The number of hydrogen-bond acceptors (Lipinski definition) is 5. The smallest absolute Gasteiger partial charge is 0.230 e. The highest BCUT2D eigenvalue weighted by atomic mass is 16.5. The second-order valence-corrected chi connectivity index (χ2v) is 8.27. The molecule has 4 rings (SSSR count). The van der Waals surface area contributed by atoms with Crippen LogP contribution in [0.15, 0.2) is 36.4 Å². The second-order valence-electron chi connectivity index (χ2n) is 8.27. The predicted octanol–water partition coefficient (Wildman–Crippen LogP) is 4.05. The molecule has 0 radical (unpaired) electrons. The van der Waals surface area contributed by atoms with E-state index in [0.29, 0.717) is 35.9 Å². The summed E-state index contributed by atoms with van der Waals surface area (Å²) in [5.41, 5.74) is 2.72. The summed E-state index contributed by atoms with van der Waals surface area (Å²) in [6, 6.07) is 11.4. The SMILES string of the molecule is COc1cc(NC(=O)[C@H]2CCCC[C@H]2C(=O)N2CCc3ccccc32)cc(OC)c1OC. The van der Waals surface area contributed by atoms with Crippen molar-refractivity contribution in [1.29, 1.82) is 0 Å². The van der Waals surface area contributed by atoms with Gasteiger partial charge in [-0.15, -0.1) is 0 Å². The van der Waals surface area contributed by atoms with Crippen molar-refractivity contribution in [2.75, 3.05) is 38.1 Å². The molecule has 2 amide bonds. The normalized spacial score (nSPS) is 19.8. The maximum Gasteiger partial charge on any atom is 0.230 e. The first-order chi connectivity index (χ1) is 15.6. The van der Waals surface area contributed by atoms with Crippen LogP contribution in [0.5, 0.6) is 17.2 Å². The lowest BCUT2D eigenvalue weighted by atomic mass is 9.77. The van der Waals surface area contributed by atoms with E-state index < -0.39 is 0 Å². The van der Waals surface area contributed by atoms with Gasteiger partial charge in [-0.05, 0) is 30.9 Å². The van der Waals surface area contributed by atoms with Crippen LogP contribution < -0.4 is 24.4 Å². The van der Waals surface area contributed by atoms with Gasteiger partial charge in [0.1, 0.15) is 0 Å². The van der Waals surface area contributed by atoms with Crippen molar-refractivity contribution in [1.82, 2.24) is 0 Å². The first-order valence-electron chi connectivity index (χ1n) is 11.1. The Bertz CT molecular complexity index is 981. The number of amides is 2. The molecule has 2 aromatic rings. The Hall–Kier alpha value is -3.22. The largest absolute Gasteiger partial charge is 0.493 e. The van der Waals surface area contributed by atoms with Crippen molar-refractivity contribution in [3.63, 3.8) is 0 Å². The van der Waals surface area contributed by atoms with Gasteiger partial charge in [-0.3, -0.25) is 9.59 Å². The average molecular weight is 439 g/mol. The van der Waals surface area contributed by atoms with Gasteiger partial charge in [-0.25, -0.2) is 0 Å². The highest BCUT2D eigenvalue weighted by molar-refractivity contribution is 6.02. The number of rotatable bonds is 6. The van der Waals surface area contributed by atoms with Crippen LogP contribution in [0.2, 0.25) is 0 Å². The van der Waals surface area contributed by atoms with Gasteiger partial charge in [-0.1, -0.05) is 31.0 Å². The third kappa shape index (κ3) is 4.11. The number of nitrogens with zero attached hydrogens (tertiary/aromatic N) is 1.